The molecule has 0 aliphatic carbocycles. The van der Waals surface area contributed by atoms with Gasteiger partial charge in [0.05, 0.1) is 23.8 Å². The van der Waals surface area contributed by atoms with E-state index in [4.69, 9.17) is 23.2 Å². The standard InChI is InChI=1S/C24H27Cl2N5O/c1-16(20-7-5-18(25)13-21(20)26)31-23-14-19(6-4-17(23)15-28-31)29-9-11-30(12-10-29)24(32)22-3-2-8-27-22/h4-7,13-16,22,27H,2-3,8-12H2,1H3. The van der Waals surface area contributed by atoms with E-state index in [2.05, 4.69) is 40.4 Å². The summed E-state index contributed by atoms with van der Waals surface area (Å²) < 4.78 is 2.01. The zero-order chi connectivity index (χ0) is 22.2. The Kier molecular flexibility index (Phi) is 6.01. The second-order valence-electron chi connectivity index (χ2n) is 8.64. The van der Waals surface area contributed by atoms with Crippen LogP contribution in [0.1, 0.15) is 31.4 Å². The predicted octanol–water partition coefficient (Wildman–Crippen LogP) is 4.35. The highest BCUT2D eigenvalue weighted by Crippen LogP contribution is 2.32. The molecule has 2 fully saturated rings. The maximum atomic E-state index is 12.7. The fourth-order valence-electron chi connectivity index (χ4n) is 4.80. The van der Waals surface area contributed by atoms with Crippen LogP contribution < -0.4 is 10.2 Å². The van der Waals surface area contributed by atoms with Crippen LogP contribution in [0.4, 0.5) is 5.69 Å². The van der Waals surface area contributed by atoms with Crippen molar-refractivity contribution in [3.8, 4) is 0 Å². The minimum Gasteiger partial charge on any atom is -0.368 e. The molecule has 5 rings (SSSR count). The number of anilines is 1. The van der Waals surface area contributed by atoms with Gasteiger partial charge in [-0.25, -0.2) is 0 Å². The molecule has 3 aromatic rings. The van der Waals surface area contributed by atoms with E-state index in [0.29, 0.717) is 10.0 Å². The van der Waals surface area contributed by atoms with E-state index in [1.165, 1.54) is 0 Å². The van der Waals surface area contributed by atoms with Crippen molar-refractivity contribution in [1.82, 2.24) is 20.0 Å². The number of amides is 1. The third-order valence-electron chi connectivity index (χ3n) is 6.68. The second-order valence-corrected chi connectivity index (χ2v) is 9.48. The van der Waals surface area contributed by atoms with Crippen LogP contribution in [0.15, 0.2) is 42.6 Å². The van der Waals surface area contributed by atoms with E-state index in [-0.39, 0.29) is 18.0 Å². The number of hydrogen-bond donors (Lipinski definition) is 1. The van der Waals surface area contributed by atoms with Crippen molar-refractivity contribution >= 4 is 45.7 Å². The molecular weight excluding hydrogens is 445 g/mol. The second kappa shape index (κ2) is 8.93. The molecule has 168 valence electrons. The molecule has 2 atom stereocenters. The number of nitrogens with one attached hydrogen (secondary N) is 1. The first kappa shape index (κ1) is 21.6. The molecule has 1 amide bonds. The SMILES string of the molecule is CC(c1ccc(Cl)cc1Cl)n1ncc2ccc(N3CCN(C(=O)C4CCCN4)CC3)cc21. The highest BCUT2D eigenvalue weighted by molar-refractivity contribution is 6.35. The van der Waals surface area contributed by atoms with Gasteiger partial charge in [-0.15, -0.1) is 0 Å². The van der Waals surface area contributed by atoms with Crippen molar-refractivity contribution in [3.63, 3.8) is 0 Å². The van der Waals surface area contributed by atoms with Gasteiger partial charge in [0.1, 0.15) is 0 Å². The van der Waals surface area contributed by atoms with Crippen LogP contribution in [-0.2, 0) is 4.79 Å². The first-order chi connectivity index (χ1) is 15.5. The summed E-state index contributed by atoms with van der Waals surface area (Å²) in [5, 5.41) is 10.3. The molecule has 8 heteroatoms. The lowest BCUT2D eigenvalue weighted by Gasteiger charge is -2.37. The van der Waals surface area contributed by atoms with Gasteiger partial charge in [-0.2, -0.15) is 5.10 Å². The zero-order valence-corrected chi connectivity index (χ0v) is 19.6. The van der Waals surface area contributed by atoms with E-state index < -0.39 is 0 Å². The minimum atomic E-state index is -0.0269. The maximum Gasteiger partial charge on any atom is 0.239 e. The van der Waals surface area contributed by atoms with Gasteiger partial charge in [-0.05, 0) is 62.2 Å². The number of nitrogens with zero attached hydrogens (tertiary/aromatic N) is 4. The van der Waals surface area contributed by atoms with Gasteiger partial charge in [0.15, 0.2) is 0 Å². The smallest absolute Gasteiger partial charge is 0.239 e. The zero-order valence-electron chi connectivity index (χ0n) is 18.1. The fraction of sp³-hybridized carbons (Fsp3) is 0.417. The highest BCUT2D eigenvalue weighted by Gasteiger charge is 2.29. The van der Waals surface area contributed by atoms with Crippen LogP contribution in [0.25, 0.3) is 10.9 Å². The Morgan fingerprint density at radius 1 is 1.12 bits per heavy atom. The van der Waals surface area contributed by atoms with Gasteiger partial charge < -0.3 is 15.1 Å². The third kappa shape index (κ3) is 4.07. The molecule has 2 aliphatic heterocycles. The van der Waals surface area contributed by atoms with E-state index in [9.17, 15) is 4.79 Å². The van der Waals surface area contributed by atoms with E-state index in [0.717, 1.165) is 67.7 Å². The quantitative estimate of drug-likeness (QED) is 0.614. The van der Waals surface area contributed by atoms with Gasteiger partial charge >= 0.3 is 0 Å². The first-order valence-corrected chi connectivity index (χ1v) is 12.0. The molecule has 0 saturated carbocycles. The van der Waals surface area contributed by atoms with Crippen molar-refractivity contribution < 1.29 is 4.79 Å². The number of benzene rings is 2. The van der Waals surface area contributed by atoms with Crippen molar-refractivity contribution in [2.45, 2.75) is 31.8 Å². The molecule has 0 radical (unpaired) electrons. The molecule has 2 aliphatic rings. The number of piperazine rings is 1. The summed E-state index contributed by atoms with van der Waals surface area (Å²) in [5.41, 5.74) is 3.20. The van der Waals surface area contributed by atoms with Crippen molar-refractivity contribution in [2.24, 2.45) is 0 Å². The van der Waals surface area contributed by atoms with Crippen molar-refractivity contribution in [2.75, 3.05) is 37.6 Å². The first-order valence-electron chi connectivity index (χ1n) is 11.2. The van der Waals surface area contributed by atoms with Crippen LogP contribution in [-0.4, -0.2) is 59.4 Å². The molecule has 3 heterocycles. The van der Waals surface area contributed by atoms with Crippen LogP contribution in [0, 0.1) is 0 Å². The summed E-state index contributed by atoms with van der Waals surface area (Å²) in [6, 6.07) is 12.0. The average molecular weight is 472 g/mol. The molecule has 0 spiro atoms. The summed E-state index contributed by atoms with van der Waals surface area (Å²) in [6.45, 7) is 6.21. The Balaban J connectivity index is 1.34. The lowest BCUT2D eigenvalue weighted by atomic mass is 10.1. The number of rotatable bonds is 4. The highest BCUT2D eigenvalue weighted by atomic mass is 35.5. The average Bonchev–Trinajstić information content (AvgIpc) is 3.48. The van der Waals surface area contributed by atoms with Crippen LogP contribution in [0.2, 0.25) is 10.0 Å². The monoisotopic (exact) mass is 471 g/mol. The van der Waals surface area contributed by atoms with Crippen molar-refractivity contribution in [1.29, 1.82) is 0 Å². The summed E-state index contributed by atoms with van der Waals surface area (Å²) in [6.07, 6.45) is 3.93. The molecular formula is C24H27Cl2N5O. The number of carbonyl (C=O) groups excluding carboxylic acids is 1. The number of aromatic nitrogens is 2. The Morgan fingerprint density at radius 2 is 1.94 bits per heavy atom. The van der Waals surface area contributed by atoms with Crippen LogP contribution in [0.5, 0.6) is 0 Å². The molecule has 1 aromatic heterocycles. The molecule has 2 saturated heterocycles. The Morgan fingerprint density at radius 3 is 2.66 bits per heavy atom. The molecule has 0 bridgehead atoms. The van der Waals surface area contributed by atoms with Gasteiger partial charge in [-0.3, -0.25) is 9.48 Å². The van der Waals surface area contributed by atoms with E-state index >= 15 is 0 Å². The summed E-state index contributed by atoms with van der Waals surface area (Å²) in [5.74, 6) is 0.254. The molecule has 32 heavy (non-hydrogen) atoms. The van der Waals surface area contributed by atoms with E-state index in [1.54, 1.807) is 6.07 Å². The lowest BCUT2D eigenvalue weighted by molar-refractivity contribution is -0.133. The Bertz CT molecular complexity index is 1130. The van der Waals surface area contributed by atoms with Gasteiger partial charge in [0, 0.05) is 47.3 Å². The van der Waals surface area contributed by atoms with Crippen molar-refractivity contribution in [3.05, 3.63) is 58.2 Å². The lowest BCUT2D eigenvalue weighted by Crippen LogP contribution is -2.53. The largest absolute Gasteiger partial charge is 0.368 e. The summed E-state index contributed by atoms with van der Waals surface area (Å²) in [4.78, 5) is 17.1. The third-order valence-corrected chi connectivity index (χ3v) is 7.24. The topological polar surface area (TPSA) is 53.4 Å². The fourth-order valence-corrected chi connectivity index (χ4v) is 5.37. The maximum absolute atomic E-state index is 12.7. The van der Waals surface area contributed by atoms with Gasteiger partial charge in [0.2, 0.25) is 5.91 Å². The summed E-state index contributed by atoms with van der Waals surface area (Å²) >= 11 is 12.5. The Labute approximate surface area is 198 Å². The number of halogens is 2. The molecule has 2 unspecified atom stereocenters. The van der Waals surface area contributed by atoms with Gasteiger partial charge in [0.25, 0.3) is 0 Å². The number of hydrogen-bond acceptors (Lipinski definition) is 4. The molecule has 6 nitrogen and oxygen atoms in total. The van der Waals surface area contributed by atoms with Gasteiger partial charge in [-0.1, -0.05) is 29.3 Å². The van der Waals surface area contributed by atoms with Crippen LogP contribution in [0.3, 0.4) is 0 Å². The summed E-state index contributed by atoms with van der Waals surface area (Å²) in [7, 11) is 0. The molecule has 1 N–H and O–H groups in total. The minimum absolute atomic E-state index is 0.00781. The normalized spacial score (nSPS) is 20.2. The number of fused-ring (bicyclic) bond motifs is 1. The predicted molar refractivity (Wildman–Crippen MR) is 130 cm³/mol. The Hall–Kier alpha value is -2.28. The van der Waals surface area contributed by atoms with E-state index in [1.807, 2.05) is 27.9 Å². The van der Waals surface area contributed by atoms with Crippen LogP contribution >= 0.6 is 23.2 Å². The molecule has 2 aromatic carbocycles. The number of carbonyl (C=O) groups is 1.